The van der Waals surface area contributed by atoms with E-state index in [-0.39, 0.29) is 10.6 Å². The van der Waals surface area contributed by atoms with Crippen molar-refractivity contribution in [2.45, 2.75) is 31.6 Å². The summed E-state index contributed by atoms with van der Waals surface area (Å²) in [5.74, 6) is 0.985. The molecule has 102 valence electrons. The summed E-state index contributed by atoms with van der Waals surface area (Å²) in [6.07, 6.45) is 0. The Kier molecular flexibility index (Phi) is 3.97. The molecule has 0 aliphatic heterocycles. The summed E-state index contributed by atoms with van der Waals surface area (Å²) in [5.41, 5.74) is 0.467. The second kappa shape index (κ2) is 5.21. The van der Waals surface area contributed by atoms with Gasteiger partial charge in [-0.2, -0.15) is 0 Å². The Balaban J connectivity index is 2.62. The molecule has 2 aromatic rings. The minimum atomic E-state index is -0.456. The van der Waals surface area contributed by atoms with E-state index in [0.717, 1.165) is 5.82 Å². The van der Waals surface area contributed by atoms with Gasteiger partial charge in [-0.3, -0.25) is 0 Å². The van der Waals surface area contributed by atoms with E-state index < -0.39 is 5.82 Å². The zero-order valence-corrected chi connectivity index (χ0v) is 13.3. The molecule has 0 saturated carbocycles. The third-order valence-corrected chi connectivity index (χ3v) is 3.51. The molecule has 0 N–H and O–H groups in total. The van der Waals surface area contributed by atoms with Crippen molar-refractivity contribution in [2.75, 3.05) is 0 Å². The molecule has 1 aromatic heterocycles. The first kappa shape index (κ1) is 14.5. The Morgan fingerprint density at radius 2 is 2.00 bits per heavy atom. The lowest BCUT2D eigenvalue weighted by Gasteiger charge is -2.24. The lowest BCUT2D eigenvalue weighted by molar-refractivity contribution is 0.390. The van der Waals surface area contributed by atoms with Crippen LogP contribution in [0.5, 0.6) is 0 Å². The molecule has 1 heterocycles. The van der Waals surface area contributed by atoms with Gasteiger partial charge in [-0.05, 0) is 39.0 Å². The Bertz CT molecular complexity index is 604. The van der Waals surface area contributed by atoms with E-state index in [2.05, 4.69) is 46.9 Å². The highest BCUT2D eigenvalue weighted by Crippen LogP contribution is 2.28. The molecule has 0 fully saturated rings. The van der Waals surface area contributed by atoms with Crippen molar-refractivity contribution >= 4 is 27.5 Å². The lowest BCUT2D eigenvalue weighted by atomic mass is 10.1. The zero-order chi connectivity index (χ0) is 14.2. The van der Waals surface area contributed by atoms with Gasteiger partial charge >= 0.3 is 0 Å². The van der Waals surface area contributed by atoms with Gasteiger partial charge in [0.2, 0.25) is 0 Å². The van der Waals surface area contributed by atoms with E-state index in [9.17, 15) is 4.39 Å². The van der Waals surface area contributed by atoms with Crippen LogP contribution in [0.25, 0.3) is 11.4 Å². The average Bonchev–Trinajstić information content (AvgIpc) is 2.76. The number of halogens is 3. The molecule has 0 amide bonds. The van der Waals surface area contributed by atoms with Crippen LogP contribution in [-0.4, -0.2) is 14.8 Å². The lowest BCUT2D eigenvalue weighted by Crippen LogP contribution is -2.24. The molecule has 2 rings (SSSR count). The smallest absolute Gasteiger partial charge is 0.164 e. The number of aromatic nitrogens is 3. The molecule has 0 radical (unpaired) electrons. The van der Waals surface area contributed by atoms with Gasteiger partial charge < -0.3 is 4.57 Å². The quantitative estimate of drug-likeness (QED) is 0.755. The maximum atomic E-state index is 13.6. The minimum Gasteiger partial charge on any atom is -0.305 e. The van der Waals surface area contributed by atoms with Crippen LogP contribution >= 0.6 is 27.5 Å². The van der Waals surface area contributed by atoms with Crippen molar-refractivity contribution in [1.82, 2.24) is 14.8 Å². The van der Waals surface area contributed by atoms with Crippen LogP contribution in [0.2, 0.25) is 5.02 Å². The van der Waals surface area contributed by atoms with E-state index in [1.165, 1.54) is 12.1 Å². The number of alkyl halides is 1. The summed E-state index contributed by atoms with van der Waals surface area (Å²) in [4.78, 5) is 0. The average molecular weight is 347 g/mol. The molecule has 0 aliphatic carbocycles. The summed E-state index contributed by atoms with van der Waals surface area (Å²) in [5, 5.41) is 9.00. The van der Waals surface area contributed by atoms with Crippen LogP contribution in [0, 0.1) is 5.82 Å². The number of hydrogen-bond donors (Lipinski definition) is 0. The third kappa shape index (κ3) is 2.82. The van der Waals surface area contributed by atoms with Gasteiger partial charge in [-0.1, -0.05) is 27.5 Å². The number of nitrogens with zero attached hydrogens (tertiary/aromatic N) is 3. The predicted octanol–water partition coefficient (Wildman–Crippen LogP) is 4.39. The van der Waals surface area contributed by atoms with Crippen LogP contribution in [0.4, 0.5) is 4.39 Å². The van der Waals surface area contributed by atoms with Gasteiger partial charge in [0.1, 0.15) is 11.6 Å². The van der Waals surface area contributed by atoms with Crippen LogP contribution < -0.4 is 0 Å². The normalized spacial score (nSPS) is 11.9. The van der Waals surface area contributed by atoms with Gasteiger partial charge in [-0.15, -0.1) is 10.2 Å². The Morgan fingerprint density at radius 1 is 1.32 bits per heavy atom. The van der Waals surface area contributed by atoms with Crippen molar-refractivity contribution in [3.05, 3.63) is 34.9 Å². The van der Waals surface area contributed by atoms with Crippen LogP contribution in [-0.2, 0) is 10.9 Å². The van der Waals surface area contributed by atoms with Crippen molar-refractivity contribution in [3.8, 4) is 11.4 Å². The molecular formula is C13H14BrClFN3. The Hall–Kier alpha value is -0.940. The van der Waals surface area contributed by atoms with Gasteiger partial charge in [0.25, 0.3) is 0 Å². The Morgan fingerprint density at radius 3 is 2.53 bits per heavy atom. The molecule has 0 unspecified atom stereocenters. The van der Waals surface area contributed by atoms with Gasteiger partial charge in [0.15, 0.2) is 5.82 Å². The summed E-state index contributed by atoms with van der Waals surface area (Å²) in [7, 11) is 0. The molecule has 0 bridgehead atoms. The van der Waals surface area contributed by atoms with E-state index in [1.54, 1.807) is 6.07 Å². The Labute approximate surface area is 124 Å². The fourth-order valence-corrected chi connectivity index (χ4v) is 2.41. The summed E-state index contributed by atoms with van der Waals surface area (Å²) in [6, 6.07) is 4.66. The highest BCUT2D eigenvalue weighted by atomic mass is 79.9. The van der Waals surface area contributed by atoms with E-state index in [0.29, 0.717) is 16.7 Å². The molecule has 6 heteroatoms. The number of hydrogen-bond acceptors (Lipinski definition) is 2. The third-order valence-electron chi connectivity index (χ3n) is 2.70. The fraction of sp³-hybridized carbons (Fsp3) is 0.385. The second-order valence-corrected chi connectivity index (χ2v) is 6.18. The molecule has 1 aromatic carbocycles. The monoisotopic (exact) mass is 345 g/mol. The van der Waals surface area contributed by atoms with E-state index in [4.69, 9.17) is 11.6 Å². The van der Waals surface area contributed by atoms with Crippen molar-refractivity contribution in [2.24, 2.45) is 0 Å². The van der Waals surface area contributed by atoms with Crippen LogP contribution in [0.15, 0.2) is 18.2 Å². The van der Waals surface area contributed by atoms with Crippen LogP contribution in [0.3, 0.4) is 0 Å². The van der Waals surface area contributed by atoms with E-state index in [1.807, 2.05) is 4.57 Å². The first-order valence-electron chi connectivity index (χ1n) is 5.80. The topological polar surface area (TPSA) is 30.7 Å². The first-order chi connectivity index (χ1) is 8.84. The van der Waals surface area contributed by atoms with Gasteiger partial charge in [-0.25, -0.2) is 4.39 Å². The molecule has 0 aliphatic rings. The van der Waals surface area contributed by atoms with Gasteiger partial charge in [0.05, 0.1) is 10.4 Å². The predicted molar refractivity (Wildman–Crippen MR) is 78.1 cm³/mol. The standard InChI is InChI=1S/C13H14BrClFN3/c1-13(2,3)19-11(7-14)17-18-12(19)8-4-5-9(15)10(16)6-8/h4-6H,7H2,1-3H3. The van der Waals surface area contributed by atoms with Crippen LogP contribution in [0.1, 0.15) is 26.6 Å². The molecule has 3 nitrogen and oxygen atoms in total. The molecule has 0 spiro atoms. The van der Waals surface area contributed by atoms with Crippen molar-refractivity contribution in [1.29, 1.82) is 0 Å². The largest absolute Gasteiger partial charge is 0.305 e. The number of benzene rings is 1. The molecule has 0 saturated heterocycles. The maximum Gasteiger partial charge on any atom is 0.164 e. The number of rotatable bonds is 2. The highest BCUT2D eigenvalue weighted by Gasteiger charge is 2.23. The molecule has 19 heavy (non-hydrogen) atoms. The van der Waals surface area contributed by atoms with Gasteiger partial charge in [0, 0.05) is 11.1 Å². The summed E-state index contributed by atoms with van der Waals surface area (Å²) >= 11 is 9.10. The molecule has 0 atom stereocenters. The highest BCUT2D eigenvalue weighted by molar-refractivity contribution is 9.08. The summed E-state index contributed by atoms with van der Waals surface area (Å²) < 4.78 is 15.6. The van der Waals surface area contributed by atoms with Crippen molar-refractivity contribution < 1.29 is 4.39 Å². The molecular weight excluding hydrogens is 333 g/mol. The second-order valence-electron chi connectivity index (χ2n) is 5.21. The summed E-state index contributed by atoms with van der Waals surface area (Å²) in [6.45, 7) is 6.16. The minimum absolute atomic E-state index is 0.103. The zero-order valence-electron chi connectivity index (χ0n) is 10.9. The van der Waals surface area contributed by atoms with Crippen molar-refractivity contribution in [3.63, 3.8) is 0 Å². The van der Waals surface area contributed by atoms with E-state index >= 15 is 0 Å². The SMILES string of the molecule is CC(C)(C)n1c(CBr)nnc1-c1ccc(Cl)c(F)c1. The fourth-order valence-electron chi connectivity index (χ4n) is 1.93. The maximum absolute atomic E-state index is 13.6. The first-order valence-corrected chi connectivity index (χ1v) is 7.30.